The third-order valence-corrected chi connectivity index (χ3v) is 3.69. The fourth-order valence-corrected chi connectivity index (χ4v) is 2.44. The zero-order chi connectivity index (χ0) is 13.7. The Morgan fingerprint density at radius 1 is 1.35 bits per heavy atom. The van der Waals surface area contributed by atoms with Crippen LogP contribution in [-0.4, -0.2) is 43.5 Å². The Morgan fingerprint density at radius 3 is 2.60 bits per heavy atom. The summed E-state index contributed by atoms with van der Waals surface area (Å²) in [5, 5.41) is 6.21. The Bertz CT molecular complexity index is 422. The van der Waals surface area contributed by atoms with Crippen molar-refractivity contribution in [3.05, 3.63) is 29.8 Å². The molecule has 1 heterocycles. The summed E-state index contributed by atoms with van der Waals surface area (Å²) in [6.07, 6.45) is 2.14. The lowest BCUT2D eigenvalue weighted by Gasteiger charge is -2.15. The summed E-state index contributed by atoms with van der Waals surface area (Å²) >= 11 is 0. The number of likely N-dealkylation sites (tertiary alicyclic amines) is 1. The molecule has 0 aliphatic carbocycles. The molecule has 1 aromatic rings. The van der Waals surface area contributed by atoms with Crippen LogP contribution in [0.5, 0.6) is 0 Å². The van der Waals surface area contributed by atoms with E-state index in [0.29, 0.717) is 12.6 Å². The summed E-state index contributed by atoms with van der Waals surface area (Å²) in [6, 6.07) is 8.58. The molecular weight excluding hydrogens is 274 g/mol. The van der Waals surface area contributed by atoms with E-state index in [0.717, 1.165) is 31.6 Å². The molecule has 1 aliphatic rings. The number of amides is 1. The number of nitrogens with one attached hydrogen (secondary N) is 2. The molecule has 0 spiro atoms. The van der Waals surface area contributed by atoms with E-state index >= 15 is 0 Å². The molecule has 1 unspecified atom stereocenters. The van der Waals surface area contributed by atoms with E-state index in [4.69, 9.17) is 0 Å². The maximum atomic E-state index is 11.9. The lowest BCUT2D eigenvalue weighted by Crippen LogP contribution is -2.34. The van der Waals surface area contributed by atoms with Crippen molar-refractivity contribution in [1.29, 1.82) is 0 Å². The Hall–Kier alpha value is -1.10. The summed E-state index contributed by atoms with van der Waals surface area (Å²) in [5.74, 6) is 0.0704. The SMILES string of the molecule is CCc1ccc(NC(=O)CN2CCC(NC)C2)cc1.Cl. The summed E-state index contributed by atoms with van der Waals surface area (Å²) in [4.78, 5) is 14.1. The predicted molar refractivity (Wildman–Crippen MR) is 85.6 cm³/mol. The third kappa shape index (κ3) is 4.78. The van der Waals surface area contributed by atoms with Gasteiger partial charge in [0.05, 0.1) is 6.54 Å². The second kappa shape index (κ2) is 8.25. The normalized spacial score (nSPS) is 18.6. The number of hydrogen-bond donors (Lipinski definition) is 2. The maximum absolute atomic E-state index is 11.9. The van der Waals surface area contributed by atoms with Crippen molar-refractivity contribution in [1.82, 2.24) is 10.2 Å². The number of hydrogen-bond acceptors (Lipinski definition) is 3. The van der Waals surface area contributed by atoms with E-state index in [1.807, 2.05) is 19.2 Å². The summed E-state index contributed by atoms with van der Waals surface area (Å²) < 4.78 is 0. The quantitative estimate of drug-likeness (QED) is 0.872. The Labute approximate surface area is 127 Å². The first kappa shape index (κ1) is 17.0. The average Bonchev–Trinajstić information content (AvgIpc) is 2.87. The van der Waals surface area contributed by atoms with Gasteiger partial charge in [0.1, 0.15) is 0 Å². The van der Waals surface area contributed by atoms with Crippen molar-refractivity contribution in [3.63, 3.8) is 0 Å². The monoisotopic (exact) mass is 297 g/mol. The Balaban J connectivity index is 0.00000200. The first-order valence-corrected chi connectivity index (χ1v) is 6.99. The van der Waals surface area contributed by atoms with Crippen molar-refractivity contribution >= 4 is 24.0 Å². The molecule has 5 heteroatoms. The van der Waals surface area contributed by atoms with E-state index in [2.05, 4.69) is 34.6 Å². The highest BCUT2D eigenvalue weighted by molar-refractivity contribution is 5.92. The lowest BCUT2D eigenvalue weighted by atomic mass is 10.1. The van der Waals surface area contributed by atoms with E-state index in [1.165, 1.54) is 5.56 Å². The molecule has 0 aromatic heterocycles. The number of carbonyl (C=O) groups excluding carboxylic acids is 1. The number of anilines is 1. The van der Waals surface area contributed by atoms with Gasteiger partial charge in [-0.15, -0.1) is 12.4 Å². The van der Waals surface area contributed by atoms with Crippen LogP contribution in [0.2, 0.25) is 0 Å². The van der Waals surface area contributed by atoms with Crippen molar-refractivity contribution in [3.8, 4) is 0 Å². The zero-order valence-corrected chi connectivity index (χ0v) is 13.0. The standard InChI is InChI=1S/C15H23N3O.ClH/c1-3-12-4-6-13(7-5-12)17-15(19)11-18-9-8-14(10-18)16-2;/h4-7,14,16H,3,8-11H2,1-2H3,(H,17,19);1H. The van der Waals surface area contributed by atoms with Gasteiger partial charge in [0.25, 0.3) is 0 Å². The molecule has 1 aromatic carbocycles. The molecule has 1 fully saturated rings. The molecule has 1 amide bonds. The highest BCUT2D eigenvalue weighted by atomic mass is 35.5. The predicted octanol–water partition coefficient (Wildman–Crippen LogP) is 1.90. The minimum Gasteiger partial charge on any atom is -0.325 e. The second-order valence-corrected chi connectivity index (χ2v) is 5.11. The zero-order valence-electron chi connectivity index (χ0n) is 12.2. The van der Waals surface area contributed by atoms with Crippen molar-refractivity contribution < 1.29 is 4.79 Å². The summed E-state index contributed by atoms with van der Waals surface area (Å²) in [6.45, 7) is 4.55. The minimum absolute atomic E-state index is 0. The highest BCUT2D eigenvalue weighted by Gasteiger charge is 2.22. The van der Waals surface area contributed by atoms with Crippen LogP contribution < -0.4 is 10.6 Å². The number of aryl methyl sites for hydroxylation is 1. The highest BCUT2D eigenvalue weighted by Crippen LogP contribution is 2.11. The minimum atomic E-state index is 0. The topological polar surface area (TPSA) is 44.4 Å². The van der Waals surface area contributed by atoms with Crippen LogP contribution in [0.25, 0.3) is 0 Å². The number of carbonyl (C=O) groups is 1. The van der Waals surface area contributed by atoms with Gasteiger partial charge in [-0.2, -0.15) is 0 Å². The van der Waals surface area contributed by atoms with Crippen LogP contribution >= 0.6 is 12.4 Å². The van der Waals surface area contributed by atoms with Gasteiger partial charge in [-0.25, -0.2) is 0 Å². The largest absolute Gasteiger partial charge is 0.325 e. The Kier molecular flexibility index (Phi) is 6.99. The molecule has 0 saturated carbocycles. The van der Waals surface area contributed by atoms with Gasteiger partial charge in [-0.1, -0.05) is 19.1 Å². The number of benzene rings is 1. The molecule has 1 aliphatic heterocycles. The third-order valence-electron chi connectivity index (χ3n) is 3.69. The van der Waals surface area contributed by atoms with Crippen molar-refractivity contribution in [2.75, 3.05) is 32.0 Å². The van der Waals surface area contributed by atoms with Crippen LogP contribution in [0.15, 0.2) is 24.3 Å². The molecule has 112 valence electrons. The number of halogens is 1. The van der Waals surface area contributed by atoms with Gasteiger partial charge in [-0.3, -0.25) is 9.69 Å². The van der Waals surface area contributed by atoms with Crippen LogP contribution in [0.3, 0.4) is 0 Å². The molecule has 2 N–H and O–H groups in total. The van der Waals surface area contributed by atoms with Crippen LogP contribution in [0, 0.1) is 0 Å². The second-order valence-electron chi connectivity index (χ2n) is 5.11. The number of rotatable bonds is 5. The van der Waals surface area contributed by atoms with Crippen LogP contribution in [-0.2, 0) is 11.2 Å². The molecule has 1 saturated heterocycles. The van der Waals surface area contributed by atoms with Crippen LogP contribution in [0.1, 0.15) is 18.9 Å². The number of likely N-dealkylation sites (N-methyl/N-ethyl adjacent to an activating group) is 1. The van der Waals surface area contributed by atoms with Crippen LogP contribution in [0.4, 0.5) is 5.69 Å². The molecule has 0 radical (unpaired) electrons. The number of nitrogens with zero attached hydrogens (tertiary/aromatic N) is 1. The molecule has 20 heavy (non-hydrogen) atoms. The first-order chi connectivity index (χ1) is 9.21. The molecular formula is C15H24ClN3O. The van der Waals surface area contributed by atoms with Gasteiger partial charge in [-0.05, 0) is 37.6 Å². The molecule has 4 nitrogen and oxygen atoms in total. The fraction of sp³-hybridized carbons (Fsp3) is 0.533. The van der Waals surface area contributed by atoms with Gasteiger partial charge in [0.15, 0.2) is 0 Å². The molecule has 1 atom stereocenters. The van der Waals surface area contributed by atoms with E-state index in [9.17, 15) is 4.79 Å². The van der Waals surface area contributed by atoms with E-state index in [-0.39, 0.29) is 18.3 Å². The average molecular weight is 298 g/mol. The van der Waals surface area contributed by atoms with Gasteiger partial charge < -0.3 is 10.6 Å². The molecule has 0 bridgehead atoms. The van der Waals surface area contributed by atoms with E-state index < -0.39 is 0 Å². The molecule has 2 rings (SSSR count). The van der Waals surface area contributed by atoms with E-state index in [1.54, 1.807) is 0 Å². The summed E-state index contributed by atoms with van der Waals surface area (Å²) in [5.41, 5.74) is 2.17. The lowest BCUT2D eigenvalue weighted by molar-refractivity contribution is -0.117. The summed E-state index contributed by atoms with van der Waals surface area (Å²) in [7, 11) is 1.98. The maximum Gasteiger partial charge on any atom is 0.238 e. The fourth-order valence-electron chi connectivity index (χ4n) is 2.44. The Morgan fingerprint density at radius 2 is 2.05 bits per heavy atom. The first-order valence-electron chi connectivity index (χ1n) is 6.99. The van der Waals surface area contributed by atoms with Gasteiger partial charge in [0.2, 0.25) is 5.91 Å². The van der Waals surface area contributed by atoms with Gasteiger partial charge in [0, 0.05) is 24.8 Å². The van der Waals surface area contributed by atoms with Gasteiger partial charge >= 0.3 is 0 Å². The van der Waals surface area contributed by atoms with Crippen molar-refractivity contribution in [2.24, 2.45) is 0 Å². The smallest absolute Gasteiger partial charge is 0.238 e. The van der Waals surface area contributed by atoms with Crippen molar-refractivity contribution in [2.45, 2.75) is 25.8 Å².